The summed E-state index contributed by atoms with van der Waals surface area (Å²) in [5.74, 6) is 0.497. The van der Waals surface area contributed by atoms with E-state index in [9.17, 15) is 10.2 Å². The SMILES string of the molecule is CC(c1ccc(C(C)(C)C)cc1O)c1ccc(C(C)(C)C)cc1O. The highest BCUT2D eigenvalue weighted by Gasteiger charge is 2.21. The molecular weight excluding hydrogens is 296 g/mol. The molecule has 0 unspecified atom stereocenters. The molecule has 0 aliphatic rings. The molecule has 0 saturated heterocycles. The lowest BCUT2D eigenvalue weighted by molar-refractivity contribution is 0.452. The van der Waals surface area contributed by atoms with E-state index in [1.54, 1.807) is 0 Å². The highest BCUT2D eigenvalue weighted by atomic mass is 16.3. The quantitative estimate of drug-likeness (QED) is 0.727. The summed E-state index contributed by atoms with van der Waals surface area (Å²) in [6.45, 7) is 14.8. The highest BCUT2D eigenvalue weighted by Crippen LogP contribution is 2.39. The van der Waals surface area contributed by atoms with Crippen LogP contribution < -0.4 is 0 Å². The van der Waals surface area contributed by atoms with Crippen molar-refractivity contribution in [3.63, 3.8) is 0 Å². The van der Waals surface area contributed by atoms with E-state index in [2.05, 4.69) is 53.7 Å². The molecule has 0 aromatic heterocycles. The largest absolute Gasteiger partial charge is 0.508 e. The number of aromatic hydroxyl groups is 2. The summed E-state index contributed by atoms with van der Waals surface area (Å²) in [4.78, 5) is 0. The molecule has 2 heteroatoms. The van der Waals surface area contributed by atoms with Gasteiger partial charge in [-0.25, -0.2) is 0 Å². The zero-order valence-electron chi connectivity index (χ0n) is 15.9. The summed E-state index contributed by atoms with van der Waals surface area (Å²) < 4.78 is 0. The number of benzene rings is 2. The molecule has 0 atom stereocenters. The Labute approximate surface area is 146 Å². The molecule has 0 amide bonds. The second-order valence-electron chi connectivity index (χ2n) is 8.77. The standard InChI is InChI=1S/C22H30O2/c1-14(17-10-8-15(12-19(17)23)21(2,3)4)18-11-9-16(13-20(18)24)22(5,6)7/h8-14,23-24H,1-7H3. The molecule has 2 N–H and O–H groups in total. The van der Waals surface area contributed by atoms with E-state index in [0.29, 0.717) is 0 Å². The van der Waals surface area contributed by atoms with Gasteiger partial charge in [-0.05, 0) is 34.1 Å². The normalized spacial score (nSPS) is 12.7. The fourth-order valence-corrected chi connectivity index (χ4v) is 2.92. The van der Waals surface area contributed by atoms with E-state index >= 15 is 0 Å². The molecule has 24 heavy (non-hydrogen) atoms. The Morgan fingerprint density at radius 3 is 1.25 bits per heavy atom. The van der Waals surface area contributed by atoms with E-state index in [1.165, 1.54) is 0 Å². The first kappa shape index (κ1) is 18.4. The number of hydrogen-bond acceptors (Lipinski definition) is 2. The Bertz CT molecular complexity index is 667. The summed E-state index contributed by atoms with van der Waals surface area (Å²) >= 11 is 0. The first-order valence-corrected chi connectivity index (χ1v) is 8.58. The van der Waals surface area contributed by atoms with Gasteiger partial charge in [-0.15, -0.1) is 0 Å². The third-order valence-corrected chi connectivity index (χ3v) is 4.73. The zero-order chi connectivity index (χ0) is 18.3. The van der Waals surface area contributed by atoms with E-state index in [-0.39, 0.29) is 28.2 Å². The predicted molar refractivity (Wildman–Crippen MR) is 101 cm³/mol. The Morgan fingerprint density at radius 2 is 1.00 bits per heavy atom. The lowest BCUT2D eigenvalue weighted by Gasteiger charge is -2.23. The van der Waals surface area contributed by atoms with Gasteiger partial charge in [0.25, 0.3) is 0 Å². The van der Waals surface area contributed by atoms with Gasteiger partial charge in [0.05, 0.1) is 0 Å². The summed E-state index contributed by atoms with van der Waals surface area (Å²) in [5, 5.41) is 21.0. The van der Waals surface area contributed by atoms with Gasteiger partial charge in [-0.1, -0.05) is 72.7 Å². The van der Waals surface area contributed by atoms with Crippen molar-refractivity contribution in [3.05, 3.63) is 58.7 Å². The minimum atomic E-state index is -0.0759. The molecule has 0 fully saturated rings. The van der Waals surface area contributed by atoms with Gasteiger partial charge in [-0.2, -0.15) is 0 Å². The lowest BCUT2D eigenvalue weighted by Crippen LogP contribution is -2.12. The molecule has 2 aromatic carbocycles. The molecule has 0 spiro atoms. The predicted octanol–water partition coefficient (Wildman–Crippen LogP) is 5.84. The molecule has 0 aliphatic heterocycles. The summed E-state index contributed by atoms with van der Waals surface area (Å²) in [6.07, 6.45) is 0. The first-order chi connectivity index (χ1) is 10.9. The maximum absolute atomic E-state index is 10.5. The van der Waals surface area contributed by atoms with Crippen molar-refractivity contribution in [2.24, 2.45) is 0 Å². The smallest absolute Gasteiger partial charge is 0.119 e. The van der Waals surface area contributed by atoms with Crippen LogP contribution in [0.3, 0.4) is 0 Å². The van der Waals surface area contributed by atoms with Crippen LogP contribution in [0.1, 0.15) is 76.6 Å². The van der Waals surface area contributed by atoms with Crippen molar-refractivity contribution in [2.45, 2.75) is 65.2 Å². The Morgan fingerprint density at radius 1 is 0.667 bits per heavy atom. The second kappa shape index (κ2) is 6.16. The molecule has 130 valence electrons. The summed E-state index contributed by atoms with van der Waals surface area (Å²) in [7, 11) is 0. The number of rotatable bonds is 2. The maximum Gasteiger partial charge on any atom is 0.119 e. The number of hydrogen-bond donors (Lipinski definition) is 2. The van der Waals surface area contributed by atoms with Crippen LogP contribution in [0, 0.1) is 0 Å². The van der Waals surface area contributed by atoms with E-state index in [4.69, 9.17) is 0 Å². The van der Waals surface area contributed by atoms with Crippen molar-refractivity contribution in [1.29, 1.82) is 0 Å². The van der Waals surface area contributed by atoms with E-state index in [1.807, 2.05) is 31.2 Å². The van der Waals surface area contributed by atoms with Gasteiger partial charge in [0.2, 0.25) is 0 Å². The van der Waals surface area contributed by atoms with Crippen molar-refractivity contribution < 1.29 is 10.2 Å². The van der Waals surface area contributed by atoms with Crippen molar-refractivity contribution in [2.75, 3.05) is 0 Å². The molecule has 0 saturated carbocycles. The Balaban J connectivity index is 2.41. The molecule has 0 heterocycles. The number of phenols is 2. The van der Waals surface area contributed by atoms with Crippen LogP contribution >= 0.6 is 0 Å². The highest BCUT2D eigenvalue weighted by molar-refractivity contribution is 5.49. The third kappa shape index (κ3) is 3.75. The molecule has 0 bridgehead atoms. The topological polar surface area (TPSA) is 40.5 Å². The minimum Gasteiger partial charge on any atom is -0.508 e. The minimum absolute atomic E-state index is 0.00422. The molecule has 2 nitrogen and oxygen atoms in total. The molecular formula is C22H30O2. The van der Waals surface area contributed by atoms with Crippen LogP contribution in [0.5, 0.6) is 11.5 Å². The maximum atomic E-state index is 10.5. The van der Waals surface area contributed by atoms with Gasteiger partial charge < -0.3 is 10.2 Å². The van der Waals surface area contributed by atoms with Crippen LogP contribution in [0.4, 0.5) is 0 Å². The zero-order valence-corrected chi connectivity index (χ0v) is 15.9. The van der Waals surface area contributed by atoms with E-state index in [0.717, 1.165) is 22.3 Å². The second-order valence-corrected chi connectivity index (χ2v) is 8.77. The summed E-state index contributed by atoms with van der Waals surface area (Å²) in [5.41, 5.74) is 3.86. The van der Waals surface area contributed by atoms with Gasteiger partial charge in [0.15, 0.2) is 0 Å². The average molecular weight is 326 g/mol. The lowest BCUT2D eigenvalue weighted by atomic mass is 9.82. The Kier molecular flexibility index (Phi) is 4.72. The van der Waals surface area contributed by atoms with Crippen LogP contribution in [0.25, 0.3) is 0 Å². The van der Waals surface area contributed by atoms with Gasteiger partial charge in [0, 0.05) is 17.0 Å². The van der Waals surface area contributed by atoms with Crippen LogP contribution in [0.15, 0.2) is 36.4 Å². The van der Waals surface area contributed by atoms with E-state index < -0.39 is 0 Å². The third-order valence-electron chi connectivity index (χ3n) is 4.73. The van der Waals surface area contributed by atoms with Gasteiger partial charge in [-0.3, -0.25) is 0 Å². The molecule has 0 radical (unpaired) electrons. The van der Waals surface area contributed by atoms with Crippen LogP contribution in [-0.4, -0.2) is 10.2 Å². The van der Waals surface area contributed by atoms with Gasteiger partial charge >= 0.3 is 0 Å². The van der Waals surface area contributed by atoms with Crippen molar-refractivity contribution in [1.82, 2.24) is 0 Å². The van der Waals surface area contributed by atoms with Crippen molar-refractivity contribution >= 4 is 0 Å². The first-order valence-electron chi connectivity index (χ1n) is 8.58. The van der Waals surface area contributed by atoms with Crippen LogP contribution in [0.2, 0.25) is 0 Å². The fourth-order valence-electron chi connectivity index (χ4n) is 2.92. The molecule has 0 aliphatic carbocycles. The van der Waals surface area contributed by atoms with Crippen LogP contribution in [-0.2, 0) is 10.8 Å². The van der Waals surface area contributed by atoms with Gasteiger partial charge in [0.1, 0.15) is 11.5 Å². The number of phenolic OH excluding ortho intramolecular Hbond substituents is 2. The molecule has 2 rings (SSSR count). The summed E-state index contributed by atoms with van der Waals surface area (Å²) in [6, 6.07) is 11.7. The fraction of sp³-hybridized carbons (Fsp3) is 0.455. The Hall–Kier alpha value is -1.96. The monoisotopic (exact) mass is 326 g/mol. The average Bonchev–Trinajstić information content (AvgIpc) is 2.44. The van der Waals surface area contributed by atoms with Crippen molar-refractivity contribution in [3.8, 4) is 11.5 Å². The molecule has 2 aromatic rings.